The average molecular weight is 477 g/mol. The van der Waals surface area contributed by atoms with E-state index < -0.39 is 55.8 Å². The van der Waals surface area contributed by atoms with Crippen molar-refractivity contribution in [3.63, 3.8) is 0 Å². The van der Waals surface area contributed by atoms with Crippen molar-refractivity contribution in [3.8, 4) is 0 Å². The second-order valence-corrected chi connectivity index (χ2v) is 9.12. The minimum atomic E-state index is -6.59. The lowest BCUT2D eigenvalue weighted by atomic mass is 10.1. The molecule has 0 amide bonds. The van der Waals surface area contributed by atoms with Crippen LogP contribution in [-0.2, 0) is 15.8 Å². The maximum Gasteiger partial charge on any atom is 0.392 e. The lowest BCUT2D eigenvalue weighted by Gasteiger charge is -2.51. The van der Waals surface area contributed by atoms with Crippen LogP contribution in [0.25, 0.3) is 11.2 Å². The number of alkyl halides is 6. The van der Waals surface area contributed by atoms with Gasteiger partial charge >= 0.3 is 12.4 Å². The Morgan fingerprint density at radius 1 is 1.19 bits per heavy atom. The molecule has 0 saturated heterocycles. The zero-order valence-corrected chi connectivity index (χ0v) is 16.2. The van der Waals surface area contributed by atoms with E-state index in [0.29, 0.717) is 0 Å². The molecule has 1 saturated carbocycles. The van der Waals surface area contributed by atoms with Crippen LogP contribution >= 0.6 is 7.60 Å². The molecule has 1 aliphatic rings. The van der Waals surface area contributed by atoms with Crippen molar-refractivity contribution in [2.75, 3.05) is 5.73 Å². The summed E-state index contributed by atoms with van der Waals surface area (Å²) in [5, 5.41) is -4.10. The Labute approximate surface area is 168 Å². The summed E-state index contributed by atoms with van der Waals surface area (Å²) < 4.78 is 95.7. The predicted octanol–water partition coefficient (Wildman–Crippen LogP) is 0.766. The van der Waals surface area contributed by atoms with Crippen LogP contribution < -0.4 is 21.1 Å². The number of rotatable bonds is 7. The number of ether oxygens (including phenoxy) is 1. The van der Waals surface area contributed by atoms with E-state index in [1.807, 2.05) is 0 Å². The molecule has 1 fully saturated rings. The highest BCUT2D eigenvalue weighted by molar-refractivity contribution is 7.50. The summed E-state index contributed by atoms with van der Waals surface area (Å²) in [7, 11) is -6.59. The third kappa shape index (κ3) is 5.19. The molecule has 0 spiro atoms. The second-order valence-electron chi connectivity index (χ2n) is 7.31. The molecule has 174 valence electrons. The van der Waals surface area contributed by atoms with Crippen LogP contribution in [0, 0.1) is 0 Å². The zero-order valence-electron chi connectivity index (χ0n) is 15.3. The molecule has 0 aromatic carbocycles. The van der Waals surface area contributed by atoms with E-state index in [1.165, 1.54) is 0 Å². The van der Waals surface area contributed by atoms with Gasteiger partial charge in [0.1, 0.15) is 5.34 Å². The minimum Gasteiger partial charge on any atom is -0.809 e. The van der Waals surface area contributed by atoms with Gasteiger partial charge in [0.2, 0.25) is 5.95 Å². The van der Waals surface area contributed by atoms with Crippen LogP contribution in [0.15, 0.2) is 11.1 Å². The summed E-state index contributed by atoms with van der Waals surface area (Å²) in [5.74, 6) is -0.336. The summed E-state index contributed by atoms with van der Waals surface area (Å²) in [5.41, 5.74) is 2.44. The predicted molar refractivity (Wildman–Crippen MR) is 87.3 cm³/mol. The van der Waals surface area contributed by atoms with Gasteiger partial charge in [-0.1, -0.05) is 0 Å². The van der Waals surface area contributed by atoms with Crippen LogP contribution in [0.1, 0.15) is 25.7 Å². The Kier molecular flexibility index (Phi) is 5.45. The molecule has 0 atom stereocenters. The van der Waals surface area contributed by atoms with Crippen LogP contribution in [0.3, 0.4) is 0 Å². The van der Waals surface area contributed by atoms with Gasteiger partial charge in [-0.15, -0.1) is 0 Å². The maximum absolute atomic E-state index is 13.0. The number of fused-ring (bicyclic) bond motifs is 1. The summed E-state index contributed by atoms with van der Waals surface area (Å²) in [6, 6.07) is 0. The van der Waals surface area contributed by atoms with Gasteiger partial charge in [0.15, 0.2) is 11.2 Å². The van der Waals surface area contributed by atoms with Crippen LogP contribution in [0.5, 0.6) is 0 Å². The summed E-state index contributed by atoms with van der Waals surface area (Å²) in [6.07, 6.45) is -15.5. The molecule has 0 bridgehead atoms. The number of anilines is 1. The van der Waals surface area contributed by atoms with E-state index >= 15 is 0 Å². The van der Waals surface area contributed by atoms with Gasteiger partial charge in [-0.3, -0.25) is 9.78 Å². The minimum absolute atomic E-state index is 0.150. The highest BCUT2D eigenvalue weighted by Crippen LogP contribution is 2.60. The van der Waals surface area contributed by atoms with Crippen LogP contribution in [-0.4, -0.2) is 42.8 Å². The number of hydrogen-bond acceptors (Lipinski definition) is 8. The SMILES string of the molecule is Nc1nc2c(ncn2CC2(OC(CC(F)(F)F)(CC(F)(F)F)P(=O)([O-])[O-])CC2)c(=O)[nH]1. The van der Waals surface area contributed by atoms with Gasteiger partial charge in [-0.2, -0.15) is 31.3 Å². The first-order valence-corrected chi connectivity index (χ1v) is 10.1. The number of nitrogen functional groups attached to an aromatic ring is 1. The molecule has 3 rings (SSSR count). The lowest BCUT2D eigenvalue weighted by Crippen LogP contribution is -2.51. The topological polar surface area (TPSA) is 162 Å². The average Bonchev–Trinajstić information content (AvgIpc) is 3.14. The van der Waals surface area contributed by atoms with E-state index in [-0.39, 0.29) is 30.0 Å². The standard InChI is InChI=1S/C14H16F6N5O5P/c15-13(16,17)3-12(31(27,28)29,4-14(18,19)20)30-11(1-2-11)5-25-6-22-7-8(25)23-10(21)24-9(7)26/h6H,1-5H2,(H2,27,28,29)(H3,21,23,24,26)/p-2. The van der Waals surface area contributed by atoms with Crippen molar-refractivity contribution in [1.82, 2.24) is 19.5 Å². The van der Waals surface area contributed by atoms with Crippen molar-refractivity contribution < 1.29 is 45.4 Å². The van der Waals surface area contributed by atoms with Crippen molar-refractivity contribution in [2.24, 2.45) is 0 Å². The van der Waals surface area contributed by atoms with Gasteiger partial charge in [0.05, 0.1) is 31.3 Å². The molecule has 0 aliphatic heterocycles. The molecule has 2 aromatic heterocycles. The monoisotopic (exact) mass is 477 g/mol. The maximum atomic E-state index is 13.0. The fraction of sp³-hybridized carbons (Fsp3) is 0.643. The highest BCUT2D eigenvalue weighted by Gasteiger charge is 2.58. The molecule has 0 radical (unpaired) electrons. The van der Waals surface area contributed by atoms with Gasteiger partial charge in [-0.05, 0) is 20.4 Å². The Balaban J connectivity index is 2.01. The van der Waals surface area contributed by atoms with Gasteiger partial charge in [-0.25, -0.2) is 4.98 Å². The Morgan fingerprint density at radius 3 is 2.19 bits per heavy atom. The van der Waals surface area contributed by atoms with Crippen LogP contribution in [0.4, 0.5) is 32.3 Å². The molecule has 17 heteroatoms. The number of aromatic amines is 1. The fourth-order valence-electron chi connectivity index (χ4n) is 3.24. The highest BCUT2D eigenvalue weighted by atomic mass is 31.2. The molecule has 1 aliphatic carbocycles. The van der Waals surface area contributed by atoms with E-state index in [4.69, 9.17) is 10.5 Å². The van der Waals surface area contributed by atoms with E-state index in [9.17, 15) is 45.5 Å². The molecule has 2 heterocycles. The van der Waals surface area contributed by atoms with Crippen molar-refractivity contribution in [2.45, 2.75) is 55.5 Å². The number of nitrogens with two attached hydrogens (primary N) is 1. The molecule has 0 unspecified atom stereocenters. The fourth-order valence-corrected chi connectivity index (χ4v) is 4.29. The number of H-pyrrole nitrogens is 1. The Bertz CT molecular complexity index is 1070. The molecule has 10 nitrogen and oxygen atoms in total. The molecular weight excluding hydrogens is 463 g/mol. The normalized spacial score (nSPS) is 17.3. The number of nitrogens with zero attached hydrogens (tertiary/aromatic N) is 3. The van der Waals surface area contributed by atoms with Gasteiger partial charge in [0, 0.05) is 0 Å². The van der Waals surface area contributed by atoms with E-state index in [2.05, 4.69) is 15.0 Å². The number of nitrogens with one attached hydrogen (secondary N) is 1. The smallest absolute Gasteiger partial charge is 0.392 e. The molecule has 3 N–H and O–H groups in total. The van der Waals surface area contributed by atoms with Crippen molar-refractivity contribution >= 4 is 24.7 Å². The third-order valence-electron chi connectivity index (χ3n) is 4.62. The Morgan fingerprint density at radius 2 is 1.74 bits per heavy atom. The lowest BCUT2D eigenvalue weighted by molar-refractivity contribution is -0.347. The number of aromatic nitrogens is 4. The number of hydrogen-bond donors (Lipinski definition) is 2. The Hall–Kier alpha value is -2.16. The molecule has 31 heavy (non-hydrogen) atoms. The first-order valence-electron chi connectivity index (χ1n) is 8.51. The zero-order chi connectivity index (χ0) is 23.5. The van der Waals surface area contributed by atoms with E-state index in [0.717, 1.165) is 10.9 Å². The first-order chi connectivity index (χ1) is 13.9. The van der Waals surface area contributed by atoms with Gasteiger partial charge < -0.3 is 29.4 Å². The number of imidazole rings is 1. The van der Waals surface area contributed by atoms with E-state index in [1.54, 1.807) is 0 Å². The summed E-state index contributed by atoms with van der Waals surface area (Å²) in [6.45, 7) is -0.517. The second kappa shape index (κ2) is 7.18. The first kappa shape index (κ1) is 23.5. The quantitative estimate of drug-likeness (QED) is 0.436. The molecular formula is C14H14F6N5O5P-2. The van der Waals surface area contributed by atoms with Crippen molar-refractivity contribution in [3.05, 3.63) is 16.7 Å². The number of halogens is 6. The summed E-state index contributed by atoms with van der Waals surface area (Å²) >= 11 is 0. The van der Waals surface area contributed by atoms with Gasteiger partial charge in [0.25, 0.3) is 5.56 Å². The third-order valence-corrected chi connectivity index (χ3v) is 6.02. The summed E-state index contributed by atoms with van der Waals surface area (Å²) in [4.78, 5) is 44.9. The largest absolute Gasteiger partial charge is 0.809 e. The molecule has 2 aromatic rings. The van der Waals surface area contributed by atoms with Crippen LogP contribution in [0.2, 0.25) is 0 Å². The van der Waals surface area contributed by atoms with Crippen molar-refractivity contribution in [1.29, 1.82) is 0 Å².